The molecule has 1 N–H and O–H groups in total. The fraction of sp³-hybridized carbons (Fsp3) is 0.556. The molecule has 1 saturated heterocycles. The van der Waals surface area contributed by atoms with Crippen LogP contribution in [0.25, 0.3) is 0 Å². The highest BCUT2D eigenvalue weighted by atomic mass is 16.5. The van der Waals surface area contributed by atoms with Gasteiger partial charge in [0, 0.05) is 20.2 Å². The van der Waals surface area contributed by atoms with Gasteiger partial charge in [-0.15, -0.1) is 0 Å². The van der Waals surface area contributed by atoms with Crippen molar-refractivity contribution in [3.8, 4) is 0 Å². The summed E-state index contributed by atoms with van der Waals surface area (Å²) >= 11 is 0. The molecule has 1 amide bonds. The van der Waals surface area contributed by atoms with Gasteiger partial charge in [0.25, 0.3) is 0 Å². The summed E-state index contributed by atoms with van der Waals surface area (Å²) in [6, 6.07) is 9.60. The molecule has 1 aromatic rings. The molecule has 5 heteroatoms. The van der Waals surface area contributed by atoms with Crippen molar-refractivity contribution < 1.29 is 19.4 Å². The predicted molar refractivity (Wildman–Crippen MR) is 87.2 cm³/mol. The van der Waals surface area contributed by atoms with E-state index in [0.29, 0.717) is 19.4 Å². The zero-order valence-electron chi connectivity index (χ0n) is 14.0. The number of rotatable bonds is 5. The van der Waals surface area contributed by atoms with E-state index < -0.39 is 16.8 Å². The first-order valence-electron chi connectivity index (χ1n) is 7.91. The highest BCUT2D eigenvalue weighted by Gasteiger charge is 2.46. The highest BCUT2D eigenvalue weighted by Crippen LogP contribution is 2.34. The van der Waals surface area contributed by atoms with Crippen molar-refractivity contribution in [1.82, 2.24) is 4.90 Å². The molecule has 1 heterocycles. The number of ether oxygens (including phenoxy) is 1. The van der Waals surface area contributed by atoms with Crippen LogP contribution in [0, 0.1) is 5.41 Å². The Morgan fingerprint density at radius 2 is 1.96 bits per heavy atom. The topological polar surface area (TPSA) is 66.8 Å². The van der Waals surface area contributed by atoms with Crippen LogP contribution in [-0.4, -0.2) is 48.7 Å². The molecule has 1 atom stereocenters. The molecule has 1 aromatic carbocycles. The minimum atomic E-state index is -1.00. The van der Waals surface area contributed by atoms with E-state index in [1.165, 1.54) is 7.11 Å². The Bertz CT molecular complexity index is 566. The first-order chi connectivity index (χ1) is 10.8. The number of hydrogen-bond acceptors (Lipinski definition) is 3. The third kappa shape index (κ3) is 3.39. The number of carboxylic acids is 1. The quantitative estimate of drug-likeness (QED) is 0.904. The summed E-state index contributed by atoms with van der Waals surface area (Å²) in [5.41, 5.74) is -0.756. The fourth-order valence-electron chi connectivity index (χ4n) is 3.31. The van der Waals surface area contributed by atoms with Gasteiger partial charge in [-0.2, -0.15) is 0 Å². The molecule has 5 nitrogen and oxygen atoms in total. The number of hydrogen-bond donors (Lipinski definition) is 1. The molecule has 2 rings (SSSR count). The Morgan fingerprint density at radius 1 is 1.30 bits per heavy atom. The molecule has 126 valence electrons. The Morgan fingerprint density at radius 3 is 2.52 bits per heavy atom. The van der Waals surface area contributed by atoms with Crippen molar-refractivity contribution in [2.45, 2.75) is 32.1 Å². The van der Waals surface area contributed by atoms with Crippen LogP contribution in [0.2, 0.25) is 0 Å². The summed E-state index contributed by atoms with van der Waals surface area (Å²) < 4.78 is 5.13. The van der Waals surface area contributed by atoms with Crippen LogP contribution in [0.15, 0.2) is 30.3 Å². The first kappa shape index (κ1) is 17.5. The van der Waals surface area contributed by atoms with E-state index in [-0.39, 0.29) is 19.1 Å². The number of methoxy groups -OCH3 is 1. The number of nitrogens with zero attached hydrogens (tertiary/aromatic N) is 1. The van der Waals surface area contributed by atoms with Crippen LogP contribution >= 0.6 is 0 Å². The van der Waals surface area contributed by atoms with Gasteiger partial charge in [0.1, 0.15) is 5.41 Å². The lowest BCUT2D eigenvalue weighted by molar-refractivity contribution is -0.160. The molecule has 1 aliphatic rings. The van der Waals surface area contributed by atoms with Crippen molar-refractivity contribution in [2.24, 2.45) is 5.41 Å². The smallest absolute Gasteiger partial charge is 0.313 e. The largest absolute Gasteiger partial charge is 0.481 e. The van der Waals surface area contributed by atoms with E-state index >= 15 is 0 Å². The molecule has 1 aliphatic heterocycles. The molecule has 23 heavy (non-hydrogen) atoms. The Balaban J connectivity index is 2.24. The van der Waals surface area contributed by atoms with Crippen LogP contribution in [0.4, 0.5) is 0 Å². The average Bonchev–Trinajstić information content (AvgIpc) is 2.55. The summed E-state index contributed by atoms with van der Waals surface area (Å²) in [6.07, 6.45) is 1.21. The van der Waals surface area contributed by atoms with Crippen LogP contribution in [-0.2, 0) is 19.7 Å². The van der Waals surface area contributed by atoms with E-state index in [1.807, 2.05) is 44.2 Å². The van der Waals surface area contributed by atoms with Gasteiger partial charge in [0.05, 0.1) is 12.0 Å². The van der Waals surface area contributed by atoms with Crippen molar-refractivity contribution in [3.63, 3.8) is 0 Å². The standard InChI is InChI=1S/C18H25NO4/c1-17(2,14-8-5-4-6-9-14)15(20)19-11-7-10-18(12-19,13-23-3)16(21)22/h4-6,8-9H,7,10-13H2,1-3H3,(H,21,22). The summed E-state index contributed by atoms with van der Waals surface area (Å²) in [5.74, 6) is -0.931. The number of carbonyl (C=O) groups excluding carboxylic acids is 1. The monoisotopic (exact) mass is 319 g/mol. The van der Waals surface area contributed by atoms with Gasteiger partial charge in [-0.3, -0.25) is 9.59 Å². The second-order valence-corrected chi connectivity index (χ2v) is 6.84. The van der Waals surface area contributed by atoms with Crippen molar-refractivity contribution in [1.29, 1.82) is 0 Å². The summed E-state index contributed by atoms with van der Waals surface area (Å²) in [7, 11) is 1.50. The van der Waals surface area contributed by atoms with E-state index in [1.54, 1.807) is 4.90 Å². The lowest BCUT2D eigenvalue weighted by Gasteiger charge is -2.42. The Kier molecular flexibility index (Phi) is 5.09. The van der Waals surface area contributed by atoms with Gasteiger partial charge in [-0.1, -0.05) is 30.3 Å². The number of aliphatic carboxylic acids is 1. The normalized spacial score (nSPS) is 22.0. The van der Waals surface area contributed by atoms with Gasteiger partial charge in [-0.25, -0.2) is 0 Å². The molecule has 0 bridgehead atoms. The predicted octanol–water partition coefficient (Wildman–Crippen LogP) is 2.30. The second-order valence-electron chi connectivity index (χ2n) is 6.84. The minimum Gasteiger partial charge on any atom is -0.481 e. The van der Waals surface area contributed by atoms with E-state index in [0.717, 1.165) is 5.56 Å². The first-order valence-corrected chi connectivity index (χ1v) is 7.91. The molecule has 0 saturated carbocycles. The lowest BCUT2D eigenvalue weighted by Crippen LogP contribution is -2.55. The summed E-state index contributed by atoms with van der Waals surface area (Å²) in [6.45, 7) is 4.69. The van der Waals surface area contributed by atoms with Gasteiger partial charge in [0.2, 0.25) is 5.91 Å². The number of benzene rings is 1. The molecule has 0 aliphatic carbocycles. The molecule has 0 radical (unpaired) electrons. The molecule has 0 spiro atoms. The highest BCUT2D eigenvalue weighted by molar-refractivity contribution is 5.88. The van der Waals surface area contributed by atoms with Gasteiger partial charge in [-0.05, 0) is 32.3 Å². The summed E-state index contributed by atoms with van der Waals surface area (Å²) in [5, 5.41) is 9.62. The molecular formula is C18H25NO4. The van der Waals surface area contributed by atoms with Gasteiger partial charge in [0.15, 0.2) is 0 Å². The SMILES string of the molecule is COCC1(C(=O)O)CCCN(C(=O)C(C)(C)c2ccccc2)C1. The van der Waals surface area contributed by atoms with Crippen LogP contribution in [0.3, 0.4) is 0 Å². The number of amides is 1. The van der Waals surface area contributed by atoms with Gasteiger partial charge < -0.3 is 14.7 Å². The number of piperidine rings is 1. The maximum atomic E-state index is 13.0. The van der Waals surface area contributed by atoms with E-state index in [2.05, 4.69) is 0 Å². The zero-order chi connectivity index (χ0) is 17.1. The molecule has 1 fully saturated rings. The van der Waals surface area contributed by atoms with Crippen LogP contribution < -0.4 is 0 Å². The van der Waals surface area contributed by atoms with E-state index in [4.69, 9.17) is 4.74 Å². The number of carboxylic acid groups (broad SMARTS) is 1. The Hall–Kier alpha value is -1.88. The summed E-state index contributed by atoms with van der Waals surface area (Å²) in [4.78, 5) is 26.4. The van der Waals surface area contributed by atoms with Crippen molar-refractivity contribution >= 4 is 11.9 Å². The van der Waals surface area contributed by atoms with E-state index in [9.17, 15) is 14.7 Å². The minimum absolute atomic E-state index is 0.0369. The van der Waals surface area contributed by atoms with Crippen LogP contribution in [0.1, 0.15) is 32.3 Å². The maximum Gasteiger partial charge on any atom is 0.313 e. The van der Waals surface area contributed by atoms with Crippen molar-refractivity contribution in [2.75, 3.05) is 26.8 Å². The number of likely N-dealkylation sites (tertiary alicyclic amines) is 1. The maximum absolute atomic E-state index is 13.0. The third-order valence-corrected chi connectivity index (χ3v) is 4.77. The third-order valence-electron chi connectivity index (χ3n) is 4.77. The molecular weight excluding hydrogens is 294 g/mol. The average molecular weight is 319 g/mol. The van der Waals surface area contributed by atoms with Crippen LogP contribution in [0.5, 0.6) is 0 Å². The second kappa shape index (κ2) is 6.71. The fourth-order valence-corrected chi connectivity index (χ4v) is 3.31. The van der Waals surface area contributed by atoms with Gasteiger partial charge >= 0.3 is 5.97 Å². The van der Waals surface area contributed by atoms with Crippen molar-refractivity contribution in [3.05, 3.63) is 35.9 Å². The molecule has 1 unspecified atom stereocenters. The lowest BCUT2D eigenvalue weighted by atomic mass is 9.78. The Labute approximate surface area is 137 Å². The number of carbonyl (C=O) groups is 2. The molecule has 0 aromatic heterocycles. The zero-order valence-corrected chi connectivity index (χ0v) is 14.0.